The zero-order chi connectivity index (χ0) is 25.3. The smallest absolute Gasteiger partial charge is 0.240 e. The van der Waals surface area contributed by atoms with Gasteiger partial charge >= 0.3 is 0 Å². The van der Waals surface area contributed by atoms with E-state index >= 15 is 0 Å². The molecule has 36 heavy (non-hydrogen) atoms. The molecule has 0 aromatic heterocycles. The van der Waals surface area contributed by atoms with Crippen LogP contribution in [0.15, 0.2) is 84.9 Å². The fourth-order valence-electron chi connectivity index (χ4n) is 5.47. The van der Waals surface area contributed by atoms with Gasteiger partial charge in [0.25, 0.3) is 0 Å². The summed E-state index contributed by atoms with van der Waals surface area (Å²) in [4.78, 5) is 45.1. The van der Waals surface area contributed by atoms with Gasteiger partial charge in [-0.1, -0.05) is 84.9 Å². The van der Waals surface area contributed by atoms with E-state index in [-0.39, 0.29) is 36.6 Å². The average molecular weight is 482 g/mol. The van der Waals surface area contributed by atoms with Crippen LogP contribution in [0.3, 0.4) is 0 Å². The van der Waals surface area contributed by atoms with Gasteiger partial charge in [0.2, 0.25) is 17.7 Å². The summed E-state index contributed by atoms with van der Waals surface area (Å²) in [6, 6.07) is 28.0. The van der Waals surface area contributed by atoms with Crippen molar-refractivity contribution in [1.29, 1.82) is 0 Å². The normalized spacial score (nSPS) is 22.8. The maximum absolute atomic E-state index is 13.7. The molecule has 2 aliphatic rings. The summed E-state index contributed by atoms with van der Waals surface area (Å²) in [6.07, 6.45) is -0.00751. The van der Waals surface area contributed by atoms with Crippen LogP contribution in [0, 0.1) is 0 Å². The summed E-state index contributed by atoms with van der Waals surface area (Å²) in [5.74, 6) is -0.643. The first-order valence-corrected chi connectivity index (χ1v) is 12.4. The van der Waals surface area contributed by atoms with Crippen LogP contribution in [0.4, 0.5) is 0 Å². The van der Waals surface area contributed by atoms with Crippen molar-refractivity contribution in [3.8, 4) is 11.1 Å². The number of likely N-dealkylation sites (tertiary alicyclic amines) is 1. The third-order valence-corrected chi connectivity index (χ3v) is 7.72. The molecule has 2 unspecified atom stereocenters. The van der Waals surface area contributed by atoms with Crippen LogP contribution in [0.1, 0.15) is 30.0 Å². The quantitative estimate of drug-likeness (QED) is 0.519. The SMILES string of the molecule is CN1C(=O)CC(CC(=O)N2CCN(C)C(c3ccccc3)C2)(c2ccc(-c3ccccc3)cc2)C1=O. The Morgan fingerprint density at radius 1 is 0.833 bits per heavy atom. The number of carbonyl (C=O) groups excluding carboxylic acids is 3. The molecule has 184 valence electrons. The fraction of sp³-hybridized carbons (Fsp3) is 0.300. The van der Waals surface area contributed by atoms with E-state index in [1.54, 1.807) is 0 Å². The van der Waals surface area contributed by atoms with Gasteiger partial charge in [-0.15, -0.1) is 0 Å². The van der Waals surface area contributed by atoms with Crippen molar-refractivity contribution >= 4 is 17.7 Å². The van der Waals surface area contributed by atoms with Gasteiger partial charge in [0.15, 0.2) is 0 Å². The predicted octanol–water partition coefficient (Wildman–Crippen LogP) is 3.89. The first-order valence-electron chi connectivity index (χ1n) is 12.4. The van der Waals surface area contributed by atoms with Crippen LogP contribution in [0.25, 0.3) is 11.1 Å². The Bertz CT molecular complexity index is 1260. The molecule has 3 aromatic carbocycles. The highest BCUT2D eigenvalue weighted by Gasteiger charge is 2.53. The number of benzene rings is 3. The van der Waals surface area contributed by atoms with Crippen molar-refractivity contribution in [2.45, 2.75) is 24.3 Å². The Hall–Kier alpha value is -3.77. The summed E-state index contributed by atoms with van der Waals surface area (Å²) >= 11 is 0. The molecular formula is C30H31N3O3. The Morgan fingerprint density at radius 3 is 2.06 bits per heavy atom. The number of hydrogen-bond acceptors (Lipinski definition) is 4. The minimum atomic E-state index is -1.18. The summed E-state index contributed by atoms with van der Waals surface area (Å²) in [6.45, 7) is 1.90. The van der Waals surface area contributed by atoms with Gasteiger partial charge in [0, 0.05) is 39.5 Å². The number of amides is 3. The van der Waals surface area contributed by atoms with Crippen molar-refractivity contribution in [2.75, 3.05) is 33.7 Å². The van der Waals surface area contributed by atoms with Crippen LogP contribution in [-0.4, -0.2) is 66.2 Å². The molecule has 0 N–H and O–H groups in total. The molecule has 6 nitrogen and oxygen atoms in total. The monoisotopic (exact) mass is 481 g/mol. The first kappa shape index (κ1) is 23.9. The maximum atomic E-state index is 13.7. The second-order valence-electron chi connectivity index (χ2n) is 9.88. The second-order valence-corrected chi connectivity index (χ2v) is 9.88. The third-order valence-electron chi connectivity index (χ3n) is 7.72. The molecule has 2 fully saturated rings. The van der Waals surface area contributed by atoms with Crippen molar-refractivity contribution < 1.29 is 14.4 Å². The highest BCUT2D eigenvalue weighted by Crippen LogP contribution is 2.41. The lowest BCUT2D eigenvalue weighted by Gasteiger charge is -2.41. The summed E-state index contributed by atoms with van der Waals surface area (Å²) in [5.41, 5.74) is 2.80. The van der Waals surface area contributed by atoms with Gasteiger partial charge in [-0.3, -0.25) is 24.2 Å². The summed E-state index contributed by atoms with van der Waals surface area (Å²) in [5, 5.41) is 0. The molecule has 3 amide bonds. The van der Waals surface area contributed by atoms with E-state index in [1.165, 1.54) is 11.9 Å². The topological polar surface area (TPSA) is 60.9 Å². The molecule has 0 bridgehead atoms. The van der Waals surface area contributed by atoms with E-state index < -0.39 is 5.41 Å². The van der Waals surface area contributed by atoms with Crippen LogP contribution >= 0.6 is 0 Å². The lowest BCUT2D eigenvalue weighted by Crippen LogP contribution is -2.51. The molecule has 0 spiro atoms. The minimum absolute atomic E-state index is 0.00855. The lowest BCUT2D eigenvalue weighted by atomic mass is 9.75. The molecule has 6 heteroatoms. The third kappa shape index (κ3) is 4.33. The van der Waals surface area contributed by atoms with E-state index in [2.05, 4.69) is 24.1 Å². The van der Waals surface area contributed by atoms with Crippen LogP contribution < -0.4 is 0 Å². The van der Waals surface area contributed by atoms with E-state index in [9.17, 15) is 14.4 Å². The Morgan fingerprint density at radius 2 is 1.44 bits per heavy atom. The largest absolute Gasteiger partial charge is 0.339 e. The van der Waals surface area contributed by atoms with Crippen molar-refractivity contribution in [3.63, 3.8) is 0 Å². The van der Waals surface area contributed by atoms with Crippen LogP contribution in [0.2, 0.25) is 0 Å². The number of rotatable bonds is 5. The van der Waals surface area contributed by atoms with Crippen molar-refractivity contribution in [2.24, 2.45) is 0 Å². The Balaban J connectivity index is 1.42. The van der Waals surface area contributed by atoms with Gasteiger partial charge < -0.3 is 4.90 Å². The van der Waals surface area contributed by atoms with E-state index in [1.807, 2.05) is 77.7 Å². The average Bonchev–Trinajstić information content (AvgIpc) is 3.14. The van der Waals surface area contributed by atoms with E-state index in [4.69, 9.17) is 0 Å². The first-order chi connectivity index (χ1) is 17.4. The molecule has 0 aliphatic carbocycles. The molecule has 5 rings (SSSR count). The summed E-state index contributed by atoms with van der Waals surface area (Å²) in [7, 11) is 3.58. The highest BCUT2D eigenvalue weighted by atomic mass is 16.2. The Labute approximate surface area is 212 Å². The van der Waals surface area contributed by atoms with Gasteiger partial charge in [-0.25, -0.2) is 0 Å². The zero-order valence-electron chi connectivity index (χ0n) is 20.8. The number of carbonyl (C=O) groups is 3. The molecule has 2 saturated heterocycles. The van der Waals surface area contributed by atoms with Crippen molar-refractivity contribution in [3.05, 3.63) is 96.1 Å². The molecular weight excluding hydrogens is 450 g/mol. The molecule has 2 aliphatic heterocycles. The van der Waals surface area contributed by atoms with E-state index in [0.717, 1.165) is 23.2 Å². The molecule has 3 aromatic rings. The molecule has 0 saturated carbocycles. The summed E-state index contributed by atoms with van der Waals surface area (Å²) < 4.78 is 0. The number of piperazine rings is 1. The predicted molar refractivity (Wildman–Crippen MR) is 139 cm³/mol. The number of nitrogens with zero attached hydrogens (tertiary/aromatic N) is 3. The number of hydrogen-bond donors (Lipinski definition) is 0. The number of imide groups is 1. The fourth-order valence-corrected chi connectivity index (χ4v) is 5.47. The molecule has 2 atom stereocenters. The molecule has 0 radical (unpaired) electrons. The zero-order valence-corrected chi connectivity index (χ0v) is 20.8. The minimum Gasteiger partial charge on any atom is -0.339 e. The second kappa shape index (κ2) is 9.70. The molecule has 2 heterocycles. The van der Waals surface area contributed by atoms with Gasteiger partial charge in [-0.2, -0.15) is 0 Å². The van der Waals surface area contributed by atoms with Gasteiger partial charge in [-0.05, 0) is 29.3 Å². The van der Waals surface area contributed by atoms with E-state index in [0.29, 0.717) is 18.7 Å². The van der Waals surface area contributed by atoms with Gasteiger partial charge in [0.05, 0.1) is 11.5 Å². The highest BCUT2D eigenvalue weighted by molar-refractivity contribution is 6.10. The maximum Gasteiger partial charge on any atom is 0.240 e. The van der Waals surface area contributed by atoms with Gasteiger partial charge in [0.1, 0.15) is 0 Å². The standard InChI is InChI=1S/C30H31N3O3/c1-31-17-18-33(21-26(31)24-11-7-4-8-12-24)28(35)20-30(19-27(34)32(2)29(30)36)25-15-13-23(14-16-25)22-9-5-3-6-10-22/h3-16,26H,17-21H2,1-2H3. The number of likely N-dealkylation sites (N-methyl/N-ethyl adjacent to an activating group) is 2. The van der Waals surface area contributed by atoms with Crippen molar-refractivity contribution in [1.82, 2.24) is 14.7 Å². The Kier molecular flexibility index (Phi) is 6.46. The lowest BCUT2D eigenvalue weighted by molar-refractivity contribution is -0.142. The van der Waals surface area contributed by atoms with Crippen LogP contribution in [0.5, 0.6) is 0 Å². The van der Waals surface area contributed by atoms with Crippen LogP contribution in [-0.2, 0) is 19.8 Å².